The molecule has 0 aliphatic carbocycles. The van der Waals surface area contributed by atoms with Crippen molar-refractivity contribution in [3.8, 4) is 0 Å². The normalized spacial score (nSPS) is 7.50. The molecule has 0 aliphatic rings. The number of alkyl halides is 1. The molecule has 0 aromatic carbocycles. The van der Waals surface area contributed by atoms with Crippen LogP contribution in [0.1, 0.15) is 0 Å². The Morgan fingerprint density at radius 2 is 2.17 bits per heavy atom. The lowest BCUT2D eigenvalue weighted by atomic mass is 11.0. The summed E-state index contributed by atoms with van der Waals surface area (Å²) in [6, 6.07) is 0. The van der Waals surface area contributed by atoms with E-state index in [0.717, 1.165) is 5.37 Å². The van der Waals surface area contributed by atoms with Crippen molar-refractivity contribution in [2.24, 2.45) is 0 Å². The van der Waals surface area contributed by atoms with Crippen LogP contribution in [-0.2, 0) is 10.3 Å². The zero-order chi connectivity index (χ0) is 4.99. The molecule has 0 amide bonds. The molecule has 0 saturated carbocycles. The molecule has 0 aromatic rings. The van der Waals surface area contributed by atoms with Crippen LogP contribution in [0.2, 0.25) is 0 Å². The van der Waals surface area contributed by atoms with Crippen LogP contribution in [0, 0.1) is 0 Å². The molecular formula is C2H3BrO2S. The van der Waals surface area contributed by atoms with E-state index in [1.165, 1.54) is 0 Å². The highest BCUT2D eigenvalue weighted by molar-refractivity contribution is 9.09. The van der Waals surface area contributed by atoms with Gasteiger partial charge >= 0.3 is 0 Å². The Balaban J connectivity index is 3.78. The zero-order valence-corrected chi connectivity index (χ0v) is 5.29. The zero-order valence-electron chi connectivity index (χ0n) is 2.89. The Hall–Kier alpha value is 0.170. The van der Waals surface area contributed by atoms with Crippen molar-refractivity contribution >= 4 is 31.6 Å². The van der Waals surface area contributed by atoms with Crippen LogP contribution >= 0.6 is 15.9 Å². The highest BCUT2D eigenvalue weighted by atomic mass is 79.9. The van der Waals surface area contributed by atoms with Gasteiger partial charge in [-0.25, -0.2) is 0 Å². The second kappa shape index (κ2) is 3.36. The summed E-state index contributed by atoms with van der Waals surface area (Å²) in [5.74, 6) is 0. The SMILES string of the molecule is O=S(=O)=CCBr. The van der Waals surface area contributed by atoms with Crippen LogP contribution in [-0.4, -0.2) is 19.1 Å². The van der Waals surface area contributed by atoms with E-state index >= 15 is 0 Å². The molecular weight excluding hydrogens is 168 g/mol. The van der Waals surface area contributed by atoms with E-state index in [2.05, 4.69) is 15.9 Å². The second-order valence-electron chi connectivity index (χ2n) is 0.581. The van der Waals surface area contributed by atoms with Gasteiger partial charge in [-0.1, -0.05) is 15.9 Å². The van der Waals surface area contributed by atoms with Crippen LogP contribution in [0.15, 0.2) is 0 Å². The van der Waals surface area contributed by atoms with E-state index in [4.69, 9.17) is 0 Å². The van der Waals surface area contributed by atoms with Gasteiger partial charge in [0, 0.05) is 10.7 Å². The summed E-state index contributed by atoms with van der Waals surface area (Å²) >= 11 is 2.90. The van der Waals surface area contributed by atoms with Gasteiger partial charge in [0.05, 0.1) is 0 Å². The molecule has 6 heavy (non-hydrogen) atoms. The predicted octanol–water partition coefficient (Wildman–Crippen LogP) is 0.0626. The van der Waals surface area contributed by atoms with Crippen molar-refractivity contribution in [1.82, 2.24) is 0 Å². The largest absolute Gasteiger partial charge is 0.210 e. The van der Waals surface area contributed by atoms with E-state index in [9.17, 15) is 8.42 Å². The molecule has 2 nitrogen and oxygen atoms in total. The second-order valence-corrected chi connectivity index (χ2v) is 2.08. The number of hydrogen-bond donors (Lipinski definition) is 0. The Labute approximate surface area is 45.8 Å². The average Bonchev–Trinajstić information content (AvgIpc) is 1.35. The van der Waals surface area contributed by atoms with Crippen molar-refractivity contribution in [2.45, 2.75) is 0 Å². The smallest absolute Gasteiger partial charge is 0.185 e. The summed E-state index contributed by atoms with van der Waals surface area (Å²) in [7, 11) is -1.99. The molecule has 4 heteroatoms. The lowest BCUT2D eigenvalue weighted by molar-refractivity contribution is 0.627. The molecule has 36 valence electrons. The van der Waals surface area contributed by atoms with Gasteiger partial charge in [0.15, 0.2) is 0 Å². The third kappa shape index (κ3) is 4.17. The molecule has 0 aliphatic heterocycles. The van der Waals surface area contributed by atoms with Crippen molar-refractivity contribution in [2.75, 3.05) is 5.33 Å². The van der Waals surface area contributed by atoms with Crippen molar-refractivity contribution in [3.05, 3.63) is 0 Å². The van der Waals surface area contributed by atoms with E-state index in [-0.39, 0.29) is 0 Å². The van der Waals surface area contributed by atoms with Crippen LogP contribution in [0.3, 0.4) is 0 Å². The summed E-state index contributed by atoms with van der Waals surface area (Å²) in [5.41, 5.74) is 0. The molecule has 0 bridgehead atoms. The lowest BCUT2D eigenvalue weighted by Gasteiger charge is -1.55. The van der Waals surface area contributed by atoms with E-state index < -0.39 is 10.3 Å². The van der Waals surface area contributed by atoms with Gasteiger partial charge in [-0.15, -0.1) is 0 Å². The predicted molar refractivity (Wildman–Crippen MR) is 28.8 cm³/mol. The summed E-state index contributed by atoms with van der Waals surface area (Å²) in [6.07, 6.45) is 0. The Morgan fingerprint density at radius 1 is 1.67 bits per heavy atom. The average molecular weight is 171 g/mol. The third-order valence-corrected chi connectivity index (χ3v) is 1.39. The van der Waals surface area contributed by atoms with Gasteiger partial charge in [0.1, 0.15) is 0 Å². The maximum atomic E-state index is 9.51. The van der Waals surface area contributed by atoms with Crippen molar-refractivity contribution in [1.29, 1.82) is 0 Å². The van der Waals surface area contributed by atoms with Gasteiger partial charge in [-0.3, -0.25) is 0 Å². The first-order chi connectivity index (χ1) is 2.77. The highest BCUT2D eigenvalue weighted by Gasteiger charge is 1.63. The number of halogens is 1. The fourth-order valence-corrected chi connectivity index (χ4v) is 0.802. The number of rotatable bonds is 1. The molecule has 0 heterocycles. The van der Waals surface area contributed by atoms with Crippen molar-refractivity contribution < 1.29 is 8.42 Å². The quantitative estimate of drug-likeness (QED) is 0.413. The molecule has 0 aromatic heterocycles. The summed E-state index contributed by atoms with van der Waals surface area (Å²) in [6.45, 7) is 0. The van der Waals surface area contributed by atoms with Gasteiger partial charge in [-0.2, -0.15) is 8.42 Å². The first kappa shape index (κ1) is 6.17. The summed E-state index contributed by atoms with van der Waals surface area (Å²) in [5, 5.41) is 1.53. The van der Waals surface area contributed by atoms with Gasteiger partial charge in [-0.05, 0) is 0 Å². The van der Waals surface area contributed by atoms with Crippen LogP contribution in [0.4, 0.5) is 0 Å². The van der Waals surface area contributed by atoms with Crippen molar-refractivity contribution in [3.63, 3.8) is 0 Å². The molecule has 0 saturated heterocycles. The van der Waals surface area contributed by atoms with Gasteiger partial charge in [0.25, 0.3) is 0 Å². The van der Waals surface area contributed by atoms with Gasteiger partial charge < -0.3 is 0 Å². The van der Waals surface area contributed by atoms with E-state index in [1.807, 2.05) is 0 Å². The summed E-state index contributed by atoms with van der Waals surface area (Å²) in [4.78, 5) is 0. The maximum absolute atomic E-state index is 9.51. The first-order valence-corrected chi connectivity index (χ1v) is 3.50. The molecule has 0 unspecified atom stereocenters. The first-order valence-electron chi connectivity index (χ1n) is 1.24. The maximum Gasteiger partial charge on any atom is 0.210 e. The van der Waals surface area contributed by atoms with Crippen LogP contribution in [0.25, 0.3) is 0 Å². The standard InChI is InChI=1S/C2H3BrO2S/c3-1-2-6(4)5/h2H,1H2. The Kier molecular flexibility index (Phi) is 3.46. The summed E-state index contributed by atoms with van der Waals surface area (Å²) < 4.78 is 19.0. The Bertz CT molecular complexity index is 126. The lowest BCUT2D eigenvalue weighted by Crippen LogP contribution is -1.70. The van der Waals surface area contributed by atoms with Crippen LogP contribution in [0.5, 0.6) is 0 Å². The van der Waals surface area contributed by atoms with Crippen LogP contribution < -0.4 is 0 Å². The minimum atomic E-state index is -1.99. The fraction of sp³-hybridized carbons (Fsp3) is 0.500. The minimum absolute atomic E-state index is 0.406. The van der Waals surface area contributed by atoms with E-state index in [1.54, 1.807) is 0 Å². The topological polar surface area (TPSA) is 34.1 Å². The number of hydrogen-bond acceptors (Lipinski definition) is 2. The van der Waals surface area contributed by atoms with Gasteiger partial charge in [0.2, 0.25) is 10.3 Å². The third-order valence-electron chi connectivity index (χ3n) is 0.199. The molecule has 0 spiro atoms. The molecule has 0 radical (unpaired) electrons. The minimum Gasteiger partial charge on any atom is -0.185 e. The molecule has 0 fully saturated rings. The molecule has 0 N–H and O–H groups in total. The fourth-order valence-electron chi connectivity index (χ4n) is 0.0514. The highest BCUT2D eigenvalue weighted by Crippen LogP contribution is 1.67. The Morgan fingerprint density at radius 3 is 2.17 bits per heavy atom. The van der Waals surface area contributed by atoms with E-state index in [0.29, 0.717) is 5.33 Å². The molecule has 0 rings (SSSR count). The molecule has 0 atom stereocenters. The monoisotopic (exact) mass is 170 g/mol.